The summed E-state index contributed by atoms with van der Waals surface area (Å²) in [6.07, 6.45) is -17.3. The van der Waals surface area contributed by atoms with Gasteiger partial charge in [-0.05, 0) is 97.4 Å². The van der Waals surface area contributed by atoms with Gasteiger partial charge >= 0.3 is 6.18 Å². The van der Waals surface area contributed by atoms with Gasteiger partial charge in [0.1, 0.15) is 6.61 Å². The molecule has 1 aliphatic carbocycles. The molecule has 3 nitrogen and oxygen atoms in total. The van der Waals surface area contributed by atoms with Gasteiger partial charge in [0.15, 0.2) is 0 Å². The van der Waals surface area contributed by atoms with Crippen LogP contribution in [0.1, 0.15) is 107 Å². The molecule has 1 heterocycles. The third-order valence-corrected chi connectivity index (χ3v) is 6.01. The molecular formula is C29H37F3N2O. The van der Waals surface area contributed by atoms with E-state index in [1.807, 2.05) is 6.92 Å². The monoisotopic (exact) mass is 497 g/mol. The number of benzene rings is 2. The van der Waals surface area contributed by atoms with Gasteiger partial charge in [-0.15, -0.1) is 0 Å². The lowest BCUT2D eigenvalue weighted by Gasteiger charge is -2.31. The van der Waals surface area contributed by atoms with Gasteiger partial charge in [-0.2, -0.15) is 13.2 Å². The predicted molar refractivity (Wildman–Crippen MR) is 135 cm³/mol. The molecule has 0 aromatic heterocycles. The quantitative estimate of drug-likeness (QED) is 0.276. The predicted octanol–water partition coefficient (Wildman–Crippen LogP) is 7.71. The van der Waals surface area contributed by atoms with Crippen molar-refractivity contribution >= 4 is 5.71 Å². The van der Waals surface area contributed by atoms with Gasteiger partial charge in [-0.3, -0.25) is 4.90 Å². The number of rotatable bonds is 8. The number of halogens is 3. The first-order valence-corrected chi connectivity index (χ1v) is 11.6. The second-order valence-electron chi connectivity index (χ2n) is 8.64. The molecule has 1 saturated carbocycles. The van der Waals surface area contributed by atoms with Crippen LogP contribution in [0.15, 0.2) is 41.6 Å². The largest absolute Gasteiger partial charge is 0.416 e. The summed E-state index contributed by atoms with van der Waals surface area (Å²) in [5.74, 6) is -5.54. The van der Waals surface area contributed by atoms with Crippen molar-refractivity contribution in [3.63, 3.8) is 0 Å². The van der Waals surface area contributed by atoms with Crippen LogP contribution >= 0.6 is 0 Å². The number of alkyl halides is 3. The zero-order valence-electron chi connectivity index (χ0n) is 31.0. The molecule has 0 spiro atoms. The average Bonchev–Trinajstić information content (AvgIpc) is 2.90. The Kier molecular flexibility index (Phi) is 4.79. The lowest BCUT2D eigenvalue weighted by atomic mass is 9.78. The molecule has 0 bridgehead atoms. The minimum Gasteiger partial charge on any atom is -0.391 e. The molecule has 2 fully saturated rings. The number of aryl methyl sites for hydroxylation is 1. The molecule has 35 heavy (non-hydrogen) atoms. The fraction of sp³-hybridized carbons (Fsp3) is 0.552. The number of oxime groups is 1. The van der Waals surface area contributed by atoms with Gasteiger partial charge in [0, 0.05) is 21.6 Å². The summed E-state index contributed by atoms with van der Waals surface area (Å²) in [6.45, 7) is 3.46. The first-order valence-electron chi connectivity index (χ1n) is 17.1. The van der Waals surface area contributed by atoms with Gasteiger partial charge in [0.25, 0.3) is 0 Å². The summed E-state index contributed by atoms with van der Waals surface area (Å²) in [6, 6.07) is 7.72. The van der Waals surface area contributed by atoms with Crippen LogP contribution in [-0.4, -0.2) is 23.7 Å². The van der Waals surface area contributed by atoms with E-state index in [9.17, 15) is 13.2 Å². The molecule has 2 aromatic rings. The van der Waals surface area contributed by atoms with Gasteiger partial charge < -0.3 is 4.84 Å². The molecule has 0 atom stereocenters. The van der Waals surface area contributed by atoms with E-state index in [-0.39, 0.29) is 5.56 Å². The van der Waals surface area contributed by atoms with Crippen molar-refractivity contribution in [3.05, 3.63) is 69.8 Å². The lowest BCUT2D eigenvalue weighted by Crippen LogP contribution is -2.36. The molecule has 2 aliphatic rings. The molecule has 190 valence electrons. The number of likely N-dealkylation sites (tertiary alicyclic amines) is 1. The Labute approximate surface area is 222 Å². The summed E-state index contributed by atoms with van der Waals surface area (Å²) in [5, 5.41) is 4.01. The SMILES string of the molecule is [2H]C([2H])(c1ccc(/C(C)=N/OCc2ccc(C3C([2H])([2H])C([2H])([2H])C([2H])(C)C([2H])([2H])C3([2H])[2H])c(C(F)(F)F)c2)cc1CC)N1CCC1. The highest BCUT2D eigenvalue weighted by molar-refractivity contribution is 5.98. The number of hydrogen-bond acceptors (Lipinski definition) is 3. The number of hydrogen-bond donors (Lipinski definition) is 0. The molecule has 0 radical (unpaired) electrons. The van der Waals surface area contributed by atoms with E-state index in [2.05, 4.69) is 5.16 Å². The second kappa shape index (κ2) is 11.2. The van der Waals surface area contributed by atoms with Crippen LogP contribution in [0.5, 0.6) is 0 Å². The third-order valence-electron chi connectivity index (χ3n) is 6.01. The van der Waals surface area contributed by atoms with E-state index in [0.29, 0.717) is 49.3 Å². The van der Waals surface area contributed by atoms with Crippen LogP contribution in [0.3, 0.4) is 0 Å². The minimum atomic E-state index is -5.16. The Morgan fingerprint density at radius 1 is 1.14 bits per heavy atom. The maximum Gasteiger partial charge on any atom is 0.416 e. The van der Waals surface area contributed by atoms with Crippen molar-refractivity contribution < 1.29 is 33.1 Å². The normalized spacial score (nSPS) is 34.5. The zero-order chi connectivity index (χ0) is 34.9. The molecule has 0 amide bonds. The fourth-order valence-corrected chi connectivity index (χ4v) is 3.85. The van der Waals surface area contributed by atoms with Crippen molar-refractivity contribution in [1.82, 2.24) is 4.90 Å². The Morgan fingerprint density at radius 3 is 2.51 bits per heavy atom. The van der Waals surface area contributed by atoms with Gasteiger partial charge in [-0.25, -0.2) is 0 Å². The second-order valence-corrected chi connectivity index (χ2v) is 8.64. The zero-order valence-corrected chi connectivity index (χ0v) is 20.0. The minimum absolute atomic E-state index is 0.0618. The highest BCUT2D eigenvalue weighted by Crippen LogP contribution is 2.42. The van der Waals surface area contributed by atoms with Crippen LogP contribution in [0, 0.1) is 5.89 Å². The maximum absolute atomic E-state index is 14.4. The fourth-order valence-electron chi connectivity index (χ4n) is 3.85. The van der Waals surface area contributed by atoms with Crippen molar-refractivity contribution in [2.24, 2.45) is 11.0 Å². The number of nitrogens with zero attached hydrogens (tertiary/aromatic N) is 2. The van der Waals surface area contributed by atoms with Crippen LogP contribution < -0.4 is 0 Å². The molecule has 4 rings (SSSR count). The maximum atomic E-state index is 14.4. The Hall–Kier alpha value is -2.34. The average molecular weight is 498 g/mol. The molecule has 6 heteroatoms. The first-order chi connectivity index (χ1) is 20.9. The highest BCUT2D eigenvalue weighted by Gasteiger charge is 2.36. The van der Waals surface area contributed by atoms with Crippen LogP contribution in [0.25, 0.3) is 0 Å². The summed E-state index contributed by atoms with van der Waals surface area (Å²) in [4.78, 5) is 7.10. The van der Waals surface area contributed by atoms with E-state index in [1.54, 1.807) is 30.0 Å². The Bertz CT molecular complexity index is 1480. The molecule has 1 aliphatic heterocycles. The van der Waals surface area contributed by atoms with E-state index in [0.717, 1.165) is 24.1 Å². The van der Waals surface area contributed by atoms with E-state index < -0.39 is 67.7 Å². The third kappa shape index (κ3) is 6.46. The topological polar surface area (TPSA) is 24.8 Å². The summed E-state index contributed by atoms with van der Waals surface area (Å²) in [7, 11) is 0. The summed E-state index contributed by atoms with van der Waals surface area (Å²) in [5.41, 5.74) is -0.189. The molecule has 1 saturated heterocycles. The molecular weight excluding hydrogens is 449 g/mol. The van der Waals surface area contributed by atoms with Crippen molar-refractivity contribution in [2.75, 3.05) is 13.1 Å². The van der Waals surface area contributed by atoms with E-state index in [4.69, 9.17) is 19.9 Å². The molecule has 0 N–H and O–H groups in total. The Balaban J connectivity index is 1.64. The summed E-state index contributed by atoms with van der Waals surface area (Å²) >= 11 is 0. The summed E-state index contributed by atoms with van der Waals surface area (Å²) < 4.78 is 135. The standard InChI is InChI=1S/C29H37F3N2O/c1-4-23-17-25(11-12-26(23)18-34-14-5-15-34)21(3)33-35-19-22-8-13-27(28(16-22)29(30,31)32)24-9-6-20(2)7-10-24/h8,11-13,16-17,20,24H,4-7,9-10,14-15,18-19H2,1-3H3/b33-21+/i6D2,7D2,9D2,10D2,18D2,20D. The van der Waals surface area contributed by atoms with Crippen LogP contribution in [0.2, 0.25) is 0 Å². The van der Waals surface area contributed by atoms with Gasteiger partial charge in [-0.1, -0.05) is 56.0 Å². The van der Waals surface area contributed by atoms with Crippen molar-refractivity contribution in [3.8, 4) is 0 Å². The van der Waals surface area contributed by atoms with Crippen molar-refractivity contribution in [1.29, 1.82) is 0 Å². The smallest absolute Gasteiger partial charge is 0.391 e. The van der Waals surface area contributed by atoms with Gasteiger partial charge in [0.05, 0.1) is 11.3 Å². The van der Waals surface area contributed by atoms with Gasteiger partial charge in [0.2, 0.25) is 0 Å². The first kappa shape index (κ1) is 15.0. The van der Waals surface area contributed by atoms with E-state index >= 15 is 0 Å². The lowest BCUT2D eigenvalue weighted by molar-refractivity contribution is -0.138. The molecule has 0 unspecified atom stereocenters. The van der Waals surface area contributed by atoms with Crippen molar-refractivity contribution in [2.45, 2.75) is 84.3 Å². The van der Waals surface area contributed by atoms with Crippen LogP contribution in [-0.2, 0) is 30.5 Å². The van der Waals surface area contributed by atoms with Crippen LogP contribution in [0.4, 0.5) is 13.2 Å². The molecule has 2 aromatic carbocycles. The highest BCUT2D eigenvalue weighted by atomic mass is 19.4. The Morgan fingerprint density at radius 2 is 1.89 bits per heavy atom. The van der Waals surface area contributed by atoms with E-state index in [1.165, 1.54) is 0 Å².